The average Bonchev–Trinajstić information content (AvgIpc) is 3.31. The van der Waals surface area contributed by atoms with Gasteiger partial charge in [-0.05, 0) is 30.3 Å². The molecule has 2 aliphatic heterocycles. The topological polar surface area (TPSA) is 83.8 Å². The molecule has 3 aromatic rings. The van der Waals surface area contributed by atoms with Crippen LogP contribution in [0.3, 0.4) is 0 Å². The lowest BCUT2D eigenvalue weighted by atomic mass is 9.71. The van der Waals surface area contributed by atoms with Gasteiger partial charge in [-0.2, -0.15) is 0 Å². The third kappa shape index (κ3) is 3.47. The molecule has 7 nitrogen and oxygen atoms in total. The van der Waals surface area contributed by atoms with Gasteiger partial charge in [-0.1, -0.05) is 66.7 Å². The van der Waals surface area contributed by atoms with E-state index in [4.69, 9.17) is 0 Å². The molecule has 0 aromatic heterocycles. The van der Waals surface area contributed by atoms with Gasteiger partial charge in [-0.3, -0.25) is 24.6 Å². The first-order chi connectivity index (χ1) is 16.9. The van der Waals surface area contributed by atoms with Crippen LogP contribution >= 0.6 is 0 Å². The highest BCUT2D eigenvalue weighted by Crippen LogP contribution is 2.57. The van der Waals surface area contributed by atoms with Crippen LogP contribution in [-0.4, -0.2) is 42.2 Å². The second-order valence-corrected chi connectivity index (χ2v) is 9.11. The second kappa shape index (κ2) is 8.60. The molecular formula is C28H25N3O4. The highest BCUT2D eigenvalue weighted by atomic mass is 16.6. The minimum Gasteiger partial charge on any atom is -0.313 e. The number of carbonyl (C=O) groups is 2. The van der Waals surface area contributed by atoms with Crippen molar-refractivity contribution in [3.63, 3.8) is 0 Å². The molecule has 3 unspecified atom stereocenters. The number of likely N-dealkylation sites (tertiary alicyclic amines) is 1. The Balaban J connectivity index is 1.70. The third-order valence-corrected chi connectivity index (χ3v) is 7.29. The van der Waals surface area contributed by atoms with E-state index in [1.807, 2.05) is 72.6 Å². The van der Waals surface area contributed by atoms with Crippen molar-refractivity contribution < 1.29 is 14.5 Å². The number of non-ortho nitro benzene ring substituents is 1. The van der Waals surface area contributed by atoms with E-state index >= 15 is 0 Å². The predicted molar refractivity (Wildman–Crippen MR) is 134 cm³/mol. The first-order valence-corrected chi connectivity index (χ1v) is 11.5. The Morgan fingerprint density at radius 2 is 1.69 bits per heavy atom. The molecule has 0 saturated carbocycles. The zero-order valence-electron chi connectivity index (χ0n) is 19.5. The van der Waals surface area contributed by atoms with Crippen molar-refractivity contribution in [2.24, 2.45) is 5.92 Å². The largest absolute Gasteiger partial charge is 0.313 e. The fourth-order valence-electron chi connectivity index (χ4n) is 5.71. The molecule has 1 amide bonds. The van der Waals surface area contributed by atoms with Crippen molar-refractivity contribution in [1.29, 1.82) is 0 Å². The number of likely N-dealkylation sites (N-methyl/N-ethyl adjacent to an activating group) is 2. The van der Waals surface area contributed by atoms with Crippen molar-refractivity contribution >= 4 is 29.1 Å². The zero-order chi connectivity index (χ0) is 24.7. The normalized spacial score (nSPS) is 23.8. The summed E-state index contributed by atoms with van der Waals surface area (Å²) in [5, 5.41) is 11.6. The van der Waals surface area contributed by atoms with E-state index in [0.29, 0.717) is 17.8 Å². The first kappa shape index (κ1) is 22.7. The van der Waals surface area contributed by atoms with Gasteiger partial charge < -0.3 is 4.90 Å². The minimum atomic E-state index is -1.34. The number of fused-ring (bicyclic) bond motifs is 2. The molecule has 3 atom stereocenters. The van der Waals surface area contributed by atoms with E-state index in [9.17, 15) is 19.7 Å². The summed E-state index contributed by atoms with van der Waals surface area (Å²) in [6.07, 6.45) is 3.30. The Hall–Kier alpha value is -4.10. The average molecular weight is 468 g/mol. The van der Waals surface area contributed by atoms with Crippen molar-refractivity contribution in [1.82, 2.24) is 4.90 Å². The number of rotatable bonds is 5. The Labute approximate surface area is 203 Å². The number of nitrogens with zero attached hydrogens (tertiary/aromatic N) is 3. The third-order valence-electron chi connectivity index (χ3n) is 7.29. The van der Waals surface area contributed by atoms with Crippen molar-refractivity contribution in [3.05, 3.63) is 112 Å². The lowest BCUT2D eigenvalue weighted by Crippen LogP contribution is -2.52. The molecule has 0 radical (unpaired) electrons. The fourth-order valence-corrected chi connectivity index (χ4v) is 5.71. The number of carbonyl (C=O) groups excluding carboxylic acids is 2. The van der Waals surface area contributed by atoms with Gasteiger partial charge in [-0.15, -0.1) is 0 Å². The van der Waals surface area contributed by atoms with E-state index in [2.05, 4.69) is 0 Å². The molecule has 1 spiro atoms. The van der Waals surface area contributed by atoms with E-state index < -0.39 is 16.4 Å². The van der Waals surface area contributed by atoms with Gasteiger partial charge in [0.1, 0.15) is 5.54 Å². The van der Waals surface area contributed by atoms with Gasteiger partial charge in [0.05, 0.1) is 10.8 Å². The minimum absolute atomic E-state index is 0.103. The maximum atomic E-state index is 14.0. The van der Waals surface area contributed by atoms with Gasteiger partial charge in [0.2, 0.25) is 0 Å². The van der Waals surface area contributed by atoms with E-state index in [1.54, 1.807) is 25.3 Å². The summed E-state index contributed by atoms with van der Waals surface area (Å²) in [6.45, 7) is 0.460. The fraction of sp³-hybridized carbons (Fsp3) is 0.214. The van der Waals surface area contributed by atoms with Crippen molar-refractivity contribution in [2.75, 3.05) is 25.5 Å². The molecular weight excluding hydrogens is 442 g/mol. The van der Waals surface area contributed by atoms with Crippen molar-refractivity contribution in [3.8, 4) is 0 Å². The lowest BCUT2D eigenvalue weighted by molar-refractivity contribution is -0.385. The van der Waals surface area contributed by atoms with Crippen LogP contribution in [0, 0.1) is 16.0 Å². The number of amides is 1. The van der Waals surface area contributed by atoms with Gasteiger partial charge in [-0.25, -0.2) is 0 Å². The maximum Gasteiger partial charge on any atom is 0.269 e. The van der Waals surface area contributed by atoms with E-state index in [-0.39, 0.29) is 23.3 Å². The molecule has 3 aromatic carbocycles. The first-order valence-electron chi connectivity index (χ1n) is 11.5. The number of allylic oxidation sites excluding steroid dienone is 1. The molecule has 176 valence electrons. The molecule has 0 bridgehead atoms. The Bertz CT molecular complexity index is 1340. The van der Waals surface area contributed by atoms with Crippen LogP contribution in [0.2, 0.25) is 0 Å². The van der Waals surface area contributed by atoms with E-state index in [0.717, 1.165) is 11.1 Å². The van der Waals surface area contributed by atoms with Crippen LogP contribution in [0.4, 0.5) is 11.4 Å². The highest BCUT2D eigenvalue weighted by molar-refractivity contribution is 6.12. The number of benzene rings is 3. The summed E-state index contributed by atoms with van der Waals surface area (Å²) in [5.74, 6) is -1.46. The number of anilines is 1. The SMILES string of the molecule is CN1C(=O)C2(c3cc([N+](=O)[O-])ccc31)C(C(=O)C=Cc1ccccc1)C(c1ccccc1)CN2C. The summed E-state index contributed by atoms with van der Waals surface area (Å²) in [6, 6.07) is 23.7. The van der Waals surface area contributed by atoms with Gasteiger partial charge >= 0.3 is 0 Å². The number of hydrogen-bond donors (Lipinski definition) is 0. The standard InChI is InChI=1S/C28H25N3O4/c1-29-18-22(20-11-7-4-8-12-20)26(25(32)16-13-19-9-5-3-6-10-19)28(29)23-17-21(31(34)35)14-15-24(23)30(2)27(28)33/h3-17,22,26H,18H2,1-2H3. The van der Waals surface area contributed by atoms with Crippen LogP contribution in [0.15, 0.2) is 84.9 Å². The molecule has 5 rings (SSSR count). The maximum absolute atomic E-state index is 14.0. The number of nitro benzene ring substituents is 1. The quantitative estimate of drug-likeness (QED) is 0.316. The van der Waals surface area contributed by atoms with Crippen LogP contribution in [0.1, 0.15) is 22.6 Å². The number of nitro groups is 1. The molecule has 1 fully saturated rings. The van der Waals surface area contributed by atoms with Gasteiger partial charge in [0, 0.05) is 42.9 Å². The number of ketones is 1. The van der Waals surface area contributed by atoms with Crippen LogP contribution in [0.5, 0.6) is 0 Å². The molecule has 2 heterocycles. The van der Waals surface area contributed by atoms with Crippen LogP contribution < -0.4 is 4.90 Å². The van der Waals surface area contributed by atoms with E-state index in [1.165, 1.54) is 17.0 Å². The Morgan fingerprint density at radius 1 is 1.03 bits per heavy atom. The second-order valence-electron chi connectivity index (χ2n) is 9.11. The monoisotopic (exact) mass is 467 g/mol. The molecule has 2 aliphatic rings. The number of hydrogen-bond acceptors (Lipinski definition) is 5. The molecule has 0 aliphatic carbocycles. The molecule has 0 N–H and O–H groups in total. The summed E-state index contributed by atoms with van der Waals surface area (Å²) in [5.41, 5.74) is 1.49. The smallest absolute Gasteiger partial charge is 0.269 e. The molecule has 1 saturated heterocycles. The van der Waals surface area contributed by atoms with Gasteiger partial charge in [0.15, 0.2) is 5.78 Å². The van der Waals surface area contributed by atoms with Gasteiger partial charge in [0.25, 0.3) is 11.6 Å². The summed E-state index contributed by atoms with van der Waals surface area (Å²) < 4.78 is 0. The summed E-state index contributed by atoms with van der Waals surface area (Å²) in [4.78, 5) is 42.5. The Kier molecular flexibility index (Phi) is 5.57. The lowest BCUT2D eigenvalue weighted by Gasteiger charge is -2.35. The Morgan fingerprint density at radius 3 is 2.34 bits per heavy atom. The van der Waals surface area contributed by atoms with Crippen molar-refractivity contribution in [2.45, 2.75) is 11.5 Å². The zero-order valence-corrected chi connectivity index (χ0v) is 19.5. The predicted octanol–water partition coefficient (Wildman–Crippen LogP) is 4.39. The highest BCUT2D eigenvalue weighted by Gasteiger charge is 2.65. The van der Waals surface area contributed by atoms with Crippen LogP contribution in [0.25, 0.3) is 6.08 Å². The molecule has 7 heteroatoms. The summed E-state index contributed by atoms with van der Waals surface area (Å²) >= 11 is 0. The summed E-state index contributed by atoms with van der Waals surface area (Å²) in [7, 11) is 3.48. The molecule has 35 heavy (non-hydrogen) atoms. The van der Waals surface area contributed by atoms with Crippen LogP contribution in [-0.2, 0) is 15.1 Å².